The van der Waals surface area contributed by atoms with Crippen LogP contribution in [-0.2, 0) is 5.54 Å². The quantitative estimate of drug-likeness (QED) is 0.674. The molecule has 0 radical (unpaired) electrons. The molecular formula is C8H11FN2O. The maximum atomic E-state index is 12.6. The molecule has 1 aromatic heterocycles. The second-order valence-corrected chi connectivity index (χ2v) is 2.97. The van der Waals surface area contributed by atoms with Crippen LogP contribution in [0.1, 0.15) is 12.5 Å². The summed E-state index contributed by atoms with van der Waals surface area (Å²) >= 11 is 0. The number of halogens is 1. The highest BCUT2D eigenvalue weighted by Crippen LogP contribution is 2.15. The predicted molar refractivity (Wildman–Crippen MR) is 42.8 cm³/mol. The molecule has 4 heteroatoms. The maximum Gasteiger partial charge on any atom is 0.141 e. The van der Waals surface area contributed by atoms with E-state index in [2.05, 4.69) is 4.98 Å². The molecule has 1 atom stereocenters. The molecule has 0 unspecified atom stereocenters. The van der Waals surface area contributed by atoms with Gasteiger partial charge in [0.05, 0.1) is 18.3 Å². The van der Waals surface area contributed by atoms with Crippen molar-refractivity contribution in [2.75, 3.05) is 6.61 Å². The van der Waals surface area contributed by atoms with Crippen LogP contribution in [0.15, 0.2) is 18.5 Å². The van der Waals surface area contributed by atoms with Gasteiger partial charge in [0.25, 0.3) is 0 Å². The molecule has 0 aliphatic heterocycles. The van der Waals surface area contributed by atoms with Gasteiger partial charge in [-0.15, -0.1) is 0 Å². The zero-order valence-electron chi connectivity index (χ0n) is 6.79. The first-order chi connectivity index (χ1) is 5.56. The van der Waals surface area contributed by atoms with E-state index in [-0.39, 0.29) is 6.61 Å². The summed E-state index contributed by atoms with van der Waals surface area (Å²) in [6, 6.07) is 1.27. The lowest BCUT2D eigenvalue weighted by Gasteiger charge is -2.21. The van der Waals surface area contributed by atoms with E-state index in [1.54, 1.807) is 6.92 Å². The highest BCUT2D eigenvalue weighted by molar-refractivity contribution is 5.19. The van der Waals surface area contributed by atoms with Crippen molar-refractivity contribution in [3.05, 3.63) is 29.8 Å². The van der Waals surface area contributed by atoms with Crippen molar-refractivity contribution in [2.45, 2.75) is 12.5 Å². The molecule has 1 heterocycles. The molecular weight excluding hydrogens is 159 g/mol. The summed E-state index contributed by atoms with van der Waals surface area (Å²) in [4.78, 5) is 3.63. The van der Waals surface area contributed by atoms with Crippen LogP contribution in [0.2, 0.25) is 0 Å². The van der Waals surface area contributed by atoms with Crippen molar-refractivity contribution in [1.82, 2.24) is 4.98 Å². The number of nitrogens with two attached hydrogens (primary N) is 1. The van der Waals surface area contributed by atoms with Crippen molar-refractivity contribution < 1.29 is 9.50 Å². The van der Waals surface area contributed by atoms with Gasteiger partial charge in [-0.2, -0.15) is 0 Å². The van der Waals surface area contributed by atoms with Crippen LogP contribution >= 0.6 is 0 Å². The summed E-state index contributed by atoms with van der Waals surface area (Å²) in [5.41, 5.74) is 5.22. The lowest BCUT2D eigenvalue weighted by Crippen LogP contribution is -2.37. The van der Waals surface area contributed by atoms with E-state index in [1.165, 1.54) is 12.3 Å². The SMILES string of the molecule is C[C@](N)(CO)c1cncc(F)c1. The van der Waals surface area contributed by atoms with Crippen LogP contribution in [0.3, 0.4) is 0 Å². The fourth-order valence-corrected chi connectivity index (χ4v) is 0.815. The van der Waals surface area contributed by atoms with Gasteiger partial charge in [-0.3, -0.25) is 4.98 Å². The Morgan fingerprint density at radius 1 is 1.67 bits per heavy atom. The minimum atomic E-state index is -0.922. The second kappa shape index (κ2) is 3.16. The Labute approximate surface area is 70.0 Å². The average Bonchev–Trinajstić information content (AvgIpc) is 2.05. The largest absolute Gasteiger partial charge is 0.394 e. The highest BCUT2D eigenvalue weighted by atomic mass is 19.1. The summed E-state index contributed by atoms with van der Waals surface area (Å²) in [5.74, 6) is -0.447. The fourth-order valence-electron chi connectivity index (χ4n) is 0.815. The number of pyridine rings is 1. The lowest BCUT2D eigenvalue weighted by molar-refractivity contribution is 0.209. The number of hydrogen-bond acceptors (Lipinski definition) is 3. The summed E-state index contributed by atoms with van der Waals surface area (Å²) < 4.78 is 12.6. The number of rotatable bonds is 2. The van der Waals surface area contributed by atoms with Crippen molar-refractivity contribution in [3.8, 4) is 0 Å². The third kappa shape index (κ3) is 1.78. The molecule has 66 valence electrons. The summed E-state index contributed by atoms with van der Waals surface area (Å²) in [7, 11) is 0. The number of nitrogens with zero attached hydrogens (tertiary/aromatic N) is 1. The highest BCUT2D eigenvalue weighted by Gasteiger charge is 2.20. The van der Waals surface area contributed by atoms with Crippen LogP contribution in [0, 0.1) is 5.82 Å². The molecule has 0 aliphatic carbocycles. The standard InChI is InChI=1S/C8H11FN2O/c1-8(10,5-12)6-2-7(9)4-11-3-6/h2-4,12H,5,10H2,1H3/t8-/m0/s1. The molecule has 0 aromatic carbocycles. The number of aliphatic hydroxyl groups excluding tert-OH is 1. The summed E-state index contributed by atoms with van der Waals surface area (Å²) in [5, 5.41) is 8.86. The average molecular weight is 170 g/mol. The minimum Gasteiger partial charge on any atom is -0.394 e. The lowest BCUT2D eigenvalue weighted by atomic mass is 9.96. The molecule has 1 rings (SSSR count). The van der Waals surface area contributed by atoms with Gasteiger partial charge < -0.3 is 10.8 Å². The first-order valence-corrected chi connectivity index (χ1v) is 3.57. The van der Waals surface area contributed by atoms with E-state index in [9.17, 15) is 4.39 Å². The predicted octanol–water partition coefficient (Wildman–Crippen LogP) is 0.387. The summed E-state index contributed by atoms with van der Waals surface area (Å²) in [6.45, 7) is 1.38. The van der Waals surface area contributed by atoms with E-state index in [0.29, 0.717) is 5.56 Å². The van der Waals surface area contributed by atoms with Gasteiger partial charge in [-0.25, -0.2) is 4.39 Å². The molecule has 0 bridgehead atoms. The zero-order chi connectivity index (χ0) is 9.19. The molecule has 0 spiro atoms. The molecule has 0 aliphatic rings. The Bertz CT molecular complexity index is 276. The Kier molecular flexibility index (Phi) is 2.40. The van der Waals surface area contributed by atoms with Crippen molar-refractivity contribution >= 4 is 0 Å². The monoisotopic (exact) mass is 170 g/mol. The third-order valence-electron chi connectivity index (χ3n) is 1.69. The Balaban J connectivity index is 3.03. The minimum absolute atomic E-state index is 0.238. The van der Waals surface area contributed by atoms with Crippen LogP contribution in [0.25, 0.3) is 0 Å². The summed E-state index contributed by atoms with van der Waals surface area (Å²) in [6.07, 6.45) is 2.54. The Morgan fingerprint density at radius 2 is 2.33 bits per heavy atom. The van der Waals surface area contributed by atoms with Crippen LogP contribution in [0.4, 0.5) is 4.39 Å². The van der Waals surface area contributed by atoms with Crippen LogP contribution in [-0.4, -0.2) is 16.7 Å². The van der Waals surface area contributed by atoms with Gasteiger partial charge in [-0.05, 0) is 18.6 Å². The van der Waals surface area contributed by atoms with Gasteiger partial charge in [0.15, 0.2) is 0 Å². The fraction of sp³-hybridized carbons (Fsp3) is 0.375. The normalized spacial score (nSPS) is 15.7. The number of aromatic nitrogens is 1. The molecule has 1 aromatic rings. The maximum absolute atomic E-state index is 12.6. The van der Waals surface area contributed by atoms with Gasteiger partial charge in [0.2, 0.25) is 0 Å². The first kappa shape index (κ1) is 9.09. The third-order valence-corrected chi connectivity index (χ3v) is 1.69. The molecule has 0 saturated heterocycles. The molecule has 0 saturated carbocycles. The van der Waals surface area contributed by atoms with Crippen molar-refractivity contribution in [3.63, 3.8) is 0 Å². The van der Waals surface area contributed by atoms with E-state index >= 15 is 0 Å². The van der Waals surface area contributed by atoms with E-state index in [4.69, 9.17) is 10.8 Å². The van der Waals surface area contributed by atoms with Gasteiger partial charge >= 0.3 is 0 Å². The number of aliphatic hydroxyl groups is 1. The smallest absolute Gasteiger partial charge is 0.141 e. The first-order valence-electron chi connectivity index (χ1n) is 3.57. The number of hydrogen-bond donors (Lipinski definition) is 2. The Morgan fingerprint density at radius 3 is 2.83 bits per heavy atom. The molecule has 3 N–H and O–H groups in total. The molecule has 0 fully saturated rings. The second-order valence-electron chi connectivity index (χ2n) is 2.97. The van der Waals surface area contributed by atoms with Crippen LogP contribution in [0.5, 0.6) is 0 Å². The topological polar surface area (TPSA) is 59.1 Å². The van der Waals surface area contributed by atoms with Crippen LogP contribution < -0.4 is 5.73 Å². The molecule has 12 heavy (non-hydrogen) atoms. The van der Waals surface area contributed by atoms with E-state index < -0.39 is 11.4 Å². The van der Waals surface area contributed by atoms with Gasteiger partial charge in [0, 0.05) is 6.20 Å². The van der Waals surface area contributed by atoms with Crippen molar-refractivity contribution in [1.29, 1.82) is 0 Å². The zero-order valence-corrected chi connectivity index (χ0v) is 6.79. The Hall–Kier alpha value is -1.00. The van der Waals surface area contributed by atoms with Gasteiger partial charge in [0.1, 0.15) is 5.82 Å². The molecule has 3 nitrogen and oxygen atoms in total. The molecule has 0 amide bonds. The van der Waals surface area contributed by atoms with E-state index in [0.717, 1.165) is 6.20 Å². The van der Waals surface area contributed by atoms with E-state index in [1.807, 2.05) is 0 Å². The van der Waals surface area contributed by atoms with Crippen molar-refractivity contribution in [2.24, 2.45) is 5.73 Å². The van der Waals surface area contributed by atoms with Gasteiger partial charge in [-0.1, -0.05) is 0 Å².